The summed E-state index contributed by atoms with van der Waals surface area (Å²) < 4.78 is 10.7. The van der Waals surface area contributed by atoms with Crippen LogP contribution in [0.2, 0.25) is 0 Å². The zero-order chi connectivity index (χ0) is 23.9. The van der Waals surface area contributed by atoms with Gasteiger partial charge in [0.15, 0.2) is 11.5 Å². The molecule has 3 aromatic carbocycles. The maximum Gasteiger partial charge on any atom is 0.326 e. The second-order valence-corrected chi connectivity index (χ2v) is 7.87. The van der Waals surface area contributed by atoms with E-state index in [0.717, 1.165) is 11.1 Å². The van der Waals surface area contributed by atoms with Gasteiger partial charge in [0.1, 0.15) is 12.1 Å². The average Bonchev–Trinajstić information content (AvgIpc) is 3.32. The summed E-state index contributed by atoms with van der Waals surface area (Å²) in [6.07, 6.45) is 0.254. The number of fused-ring (bicyclic) bond motifs is 1. The highest BCUT2D eigenvalue weighted by molar-refractivity contribution is 5.98. The van der Waals surface area contributed by atoms with Crippen LogP contribution >= 0.6 is 0 Å². The summed E-state index contributed by atoms with van der Waals surface area (Å²) in [5.74, 6) is -1.03. The van der Waals surface area contributed by atoms with Gasteiger partial charge in [-0.15, -0.1) is 0 Å². The van der Waals surface area contributed by atoms with Crippen molar-refractivity contribution in [1.29, 1.82) is 0 Å². The highest BCUT2D eigenvalue weighted by atomic mass is 16.7. The van der Waals surface area contributed by atoms with Crippen LogP contribution in [0.5, 0.6) is 11.5 Å². The number of hydrogen-bond acceptors (Lipinski definition) is 5. The van der Waals surface area contributed by atoms with Crippen molar-refractivity contribution in [3.05, 3.63) is 95.6 Å². The molecule has 8 nitrogen and oxygen atoms in total. The second-order valence-electron chi connectivity index (χ2n) is 7.87. The van der Waals surface area contributed by atoms with Crippen LogP contribution in [-0.2, 0) is 22.4 Å². The molecule has 4 rings (SSSR count). The Balaban J connectivity index is 1.53. The van der Waals surface area contributed by atoms with Gasteiger partial charge in [0.05, 0.1) is 0 Å². The first kappa shape index (κ1) is 22.8. The highest BCUT2D eigenvalue weighted by Crippen LogP contribution is 2.32. The minimum absolute atomic E-state index is 0.116. The van der Waals surface area contributed by atoms with E-state index in [1.54, 1.807) is 72.8 Å². The standard InChI is InChI=1S/C26H24N2O6/c29-24(19-9-5-2-6-10-19)27-20(14-18-11-12-22-23(15-18)34-16-33-22)25(30)28-21(26(31)32)13-17-7-3-1-4-8-17/h1-12,15,20-21H,13-14,16H2,(H,27,29)(H,28,30)(H,31,32)/t20-,21+/m0/s1. The van der Waals surface area contributed by atoms with E-state index in [-0.39, 0.29) is 19.6 Å². The lowest BCUT2D eigenvalue weighted by Crippen LogP contribution is -2.53. The molecule has 8 heteroatoms. The van der Waals surface area contributed by atoms with E-state index in [2.05, 4.69) is 10.6 Å². The molecular formula is C26H24N2O6. The summed E-state index contributed by atoms with van der Waals surface area (Å²) in [4.78, 5) is 37.9. The van der Waals surface area contributed by atoms with Crippen molar-refractivity contribution in [2.75, 3.05) is 6.79 Å². The lowest BCUT2D eigenvalue weighted by molar-refractivity contribution is -0.142. The van der Waals surface area contributed by atoms with E-state index in [1.807, 2.05) is 6.07 Å². The Morgan fingerprint density at radius 2 is 1.41 bits per heavy atom. The molecule has 0 aromatic heterocycles. The maximum absolute atomic E-state index is 13.2. The Bertz CT molecular complexity index is 1170. The van der Waals surface area contributed by atoms with E-state index in [9.17, 15) is 19.5 Å². The van der Waals surface area contributed by atoms with Gasteiger partial charge in [0.2, 0.25) is 12.7 Å². The van der Waals surface area contributed by atoms with Crippen LogP contribution in [-0.4, -0.2) is 41.8 Å². The zero-order valence-corrected chi connectivity index (χ0v) is 18.3. The molecule has 0 saturated carbocycles. The number of carbonyl (C=O) groups excluding carboxylic acids is 2. The number of carbonyl (C=O) groups is 3. The van der Waals surface area contributed by atoms with Gasteiger partial charge in [-0.2, -0.15) is 0 Å². The van der Waals surface area contributed by atoms with Crippen molar-refractivity contribution in [3.8, 4) is 11.5 Å². The molecule has 174 valence electrons. The molecule has 0 saturated heterocycles. The zero-order valence-electron chi connectivity index (χ0n) is 18.3. The molecule has 0 fully saturated rings. The summed E-state index contributed by atoms with van der Waals surface area (Å²) in [6, 6.07) is 20.6. The molecule has 2 atom stereocenters. The third-order valence-corrected chi connectivity index (χ3v) is 5.43. The molecule has 1 aliphatic rings. The van der Waals surface area contributed by atoms with E-state index in [1.165, 1.54) is 0 Å². The number of nitrogens with one attached hydrogen (secondary N) is 2. The number of ether oxygens (including phenoxy) is 2. The Kier molecular flexibility index (Phi) is 7.07. The monoisotopic (exact) mass is 460 g/mol. The normalized spacial score (nSPS) is 13.5. The molecule has 34 heavy (non-hydrogen) atoms. The number of hydrogen-bond donors (Lipinski definition) is 3. The molecular weight excluding hydrogens is 436 g/mol. The number of benzene rings is 3. The van der Waals surface area contributed by atoms with Gasteiger partial charge >= 0.3 is 5.97 Å². The predicted molar refractivity (Wildman–Crippen MR) is 124 cm³/mol. The van der Waals surface area contributed by atoms with Crippen LogP contribution in [0.3, 0.4) is 0 Å². The van der Waals surface area contributed by atoms with Crippen LogP contribution in [0.15, 0.2) is 78.9 Å². The SMILES string of the molecule is O=C(N[C@@H](Cc1ccc2c(c1)OCO2)C(=O)N[C@H](Cc1ccccc1)C(=O)O)c1ccccc1. The molecule has 1 heterocycles. The first-order valence-corrected chi connectivity index (χ1v) is 10.8. The van der Waals surface area contributed by atoms with Gasteiger partial charge in [-0.3, -0.25) is 9.59 Å². The molecule has 0 spiro atoms. The van der Waals surface area contributed by atoms with E-state index >= 15 is 0 Å². The summed E-state index contributed by atoms with van der Waals surface area (Å²) in [5, 5.41) is 15.0. The molecule has 0 aliphatic carbocycles. The largest absolute Gasteiger partial charge is 0.480 e. The summed E-state index contributed by atoms with van der Waals surface area (Å²) in [6.45, 7) is 0.118. The molecule has 3 aromatic rings. The molecule has 0 bridgehead atoms. The van der Waals surface area contributed by atoms with Crippen LogP contribution in [0.25, 0.3) is 0 Å². The van der Waals surface area contributed by atoms with Crippen molar-refractivity contribution in [3.63, 3.8) is 0 Å². The van der Waals surface area contributed by atoms with Gasteiger partial charge in [-0.1, -0.05) is 54.6 Å². The van der Waals surface area contributed by atoms with Gasteiger partial charge in [-0.25, -0.2) is 4.79 Å². The van der Waals surface area contributed by atoms with Gasteiger partial charge < -0.3 is 25.2 Å². The Hall–Kier alpha value is -4.33. The third-order valence-electron chi connectivity index (χ3n) is 5.43. The minimum atomic E-state index is -1.16. The summed E-state index contributed by atoms with van der Waals surface area (Å²) in [7, 11) is 0. The number of aliphatic carboxylic acids is 1. The fourth-order valence-corrected chi connectivity index (χ4v) is 3.67. The van der Waals surface area contributed by atoms with Gasteiger partial charge in [0.25, 0.3) is 5.91 Å². The average molecular weight is 460 g/mol. The van der Waals surface area contributed by atoms with Crippen molar-refractivity contribution in [1.82, 2.24) is 10.6 Å². The molecule has 0 radical (unpaired) electrons. The quantitative estimate of drug-likeness (QED) is 0.452. The smallest absolute Gasteiger partial charge is 0.326 e. The fraction of sp³-hybridized carbons (Fsp3) is 0.192. The highest BCUT2D eigenvalue weighted by Gasteiger charge is 2.28. The van der Waals surface area contributed by atoms with E-state index in [4.69, 9.17) is 9.47 Å². The van der Waals surface area contributed by atoms with E-state index in [0.29, 0.717) is 17.1 Å². The van der Waals surface area contributed by atoms with Crippen LogP contribution in [0.1, 0.15) is 21.5 Å². The molecule has 0 unspecified atom stereocenters. The van der Waals surface area contributed by atoms with Gasteiger partial charge in [-0.05, 0) is 35.4 Å². The number of amides is 2. The van der Waals surface area contributed by atoms with Crippen molar-refractivity contribution in [2.45, 2.75) is 24.9 Å². The predicted octanol–water partition coefficient (Wildman–Crippen LogP) is 2.57. The van der Waals surface area contributed by atoms with Crippen molar-refractivity contribution in [2.24, 2.45) is 0 Å². The van der Waals surface area contributed by atoms with Gasteiger partial charge in [0, 0.05) is 18.4 Å². The summed E-state index contributed by atoms with van der Waals surface area (Å²) in [5.41, 5.74) is 1.90. The van der Waals surface area contributed by atoms with E-state index < -0.39 is 29.9 Å². The molecule has 2 amide bonds. The maximum atomic E-state index is 13.2. The first-order chi connectivity index (χ1) is 16.5. The van der Waals surface area contributed by atoms with Crippen LogP contribution in [0.4, 0.5) is 0 Å². The number of carboxylic acid groups (broad SMARTS) is 1. The molecule has 1 aliphatic heterocycles. The van der Waals surface area contributed by atoms with Crippen LogP contribution < -0.4 is 20.1 Å². The third kappa shape index (κ3) is 5.72. The lowest BCUT2D eigenvalue weighted by Gasteiger charge is -2.22. The van der Waals surface area contributed by atoms with Crippen LogP contribution in [0, 0.1) is 0 Å². The number of rotatable bonds is 9. The summed E-state index contributed by atoms with van der Waals surface area (Å²) >= 11 is 0. The Labute approximate surface area is 196 Å². The lowest BCUT2D eigenvalue weighted by atomic mass is 10.0. The van der Waals surface area contributed by atoms with Crippen molar-refractivity contribution < 1.29 is 29.0 Å². The topological polar surface area (TPSA) is 114 Å². The first-order valence-electron chi connectivity index (χ1n) is 10.8. The minimum Gasteiger partial charge on any atom is -0.480 e. The second kappa shape index (κ2) is 10.5. The fourth-order valence-electron chi connectivity index (χ4n) is 3.67. The number of carboxylic acids is 1. The van der Waals surface area contributed by atoms with Crippen molar-refractivity contribution >= 4 is 17.8 Å². The molecule has 3 N–H and O–H groups in total. The Morgan fingerprint density at radius 3 is 2.12 bits per heavy atom. The Morgan fingerprint density at radius 1 is 0.765 bits per heavy atom.